The highest BCUT2D eigenvalue weighted by molar-refractivity contribution is 5.95. The Hall–Kier alpha value is -2.83. The first-order valence-corrected chi connectivity index (χ1v) is 14.3. The molecule has 1 saturated carbocycles. The Bertz CT molecular complexity index is 1130. The van der Waals surface area contributed by atoms with Gasteiger partial charge in [-0.2, -0.15) is 4.98 Å². The third kappa shape index (κ3) is 6.24. The number of amides is 1. The molecular weight excluding hydrogens is 474 g/mol. The van der Waals surface area contributed by atoms with E-state index in [9.17, 15) is 9.90 Å². The molecule has 1 amide bonds. The van der Waals surface area contributed by atoms with E-state index in [1.54, 1.807) is 0 Å². The van der Waals surface area contributed by atoms with Crippen molar-refractivity contribution in [2.45, 2.75) is 116 Å². The maximum absolute atomic E-state index is 13.4. The van der Waals surface area contributed by atoms with Crippen LogP contribution in [0, 0.1) is 0 Å². The number of aromatic hydroxyl groups is 1. The molecule has 38 heavy (non-hydrogen) atoms. The molecule has 0 saturated heterocycles. The molecule has 1 fully saturated rings. The molecular formula is C31H47N5O2. The molecule has 2 aromatic rings. The lowest BCUT2D eigenvalue weighted by molar-refractivity contribution is 0.0926. The number of phenolic OH excluding ortho intramolecular Hbond substituents is 1. The highest BCUT2D eigenvalue weighted by Crippen LogP contribution is 2.40. The maximum atomic E-state index is 13.4. The van der Waals surface area contributed by atoms with Crippen LogP contribution >= 0.6 is 0 Å². The molecule has 0 radical (unpaired) electrons. The predicted molar refractivity (Wildman–Crippen MR) is 156 cm³/mol. The van der Waals surface area contributed by atoms with Gasteiger partial charge >= 0.3 is 0 Å². The molecule has 2 aliphatic carbocycles. The van der Waals surface area contributed by atoms with Gasteiger partial charge in [-0.15, -0.1) is 0 Å². The first-order valence-electron chi connectivity index (χ1n) is 14.3. The van der Waals surface area contributed by atoms with Crippen molar-refractivity contribution in [3.8, 4) is 5.75 Å². The van der Waals surface area contributed by atoms with Crippen molar-refractivity contribution in [3.63, 3.8) is 0 Å². The fraction of sp³-hybridized carbons (Fsp3) is 0.645. The van der Waals surface area contributed by atoms with E-state index < -0.39 is 0 Å². The Kier molecular flexibility index (Phi) is 7.96. The van der Waals surface area contributed by atoms with Crippen LogP contribution < -0.4 is 15.5 Å². The summed E-state index contributed by atoms with van der Waals surface area (Å²) in [6, 6.07) is 4.16. The van der Waals surface area contributed by atoms with Gasteiger partial charge in [-0.3, -0.25) is 4.79 Å². The standard InChI is InChI=1S/C31H47N5O2/c1-30(2,3)23-17-19(18-24(26(23)37)31(4,5)6)28(38)32-20-13-15-21(16-14-20)33-29-34-25-12-10-9-11-22(25)27(35-29)36(7)8/h17-18,20-21,37H,9-16H2,1-8H3,(H,32,38)(H,33,34,35). The van der Waals surface area contributed by atoms with Crippen LogP contribution in [0.1, 0.15) is 113 Å². The summed E-state index contributed by atoms with van der Waals surface area (Å²) in [5.41, 5.74) is 4.20. The average molecular weight is 522 g/mol. The van der Waals surface area contributed by atoms with Crippen LogP contribution in [0.25, 0.3) is 0 Å². The summed E-state index contributed by atoms with van der Waals surface area (Å²) in [6.07, 6.45) is 8.21. The Balaban J connectivity index is 1.42. The number of carbonyl (C=O) groups excluding carboxylic acids is 1. The zero-order valence-electron chi connectivity index (χ0n) is 24.7. The molecule has 1 aromatic carbocycles. The Morgan fingerprint density at radius 2 is 1.45 bits per heavy atom. The molecule has 0 unspecified atom stereocenters. The van der Waals surface area contributed by atoms with Crippen molar-refractivity contribution in [1.82, 2.24) is 15.3 Å². The van der Waals surface area contributed by atoms with Crippen LogP contribution in [-0.4, -0.2) is 47.2 Å². The number of benzene rings is 1. The number of phenols is 1. The third-order valence-corrected chi connectivity index (χ3v) is 7.97. The molecule has 208 valence electrons. The predicted octanol–water partition coefficient (Wildman–Crippen LogP) is 5.88. The monoisotopic (exact) mass is 521 g/mol. The van der Waals surface area contributed by atoms with E-state index in [0.29, 0.717) is 17.4 Å². The topological polar surface area (TPSA) is 90.4 Å². The van der Waals surface area contributed by atoms with E-state index in [1.165, 1.54) is 24.1 Å². The quantitative estimate of drug-likeness (QED) is 0.456. The van der Waals surface area contributed by atoms with Gasteiger partial charge in [0.05, 0.1) is 5.69 Å². The van der Waals surface area contributed by atoms with Crippen molar-refractivity contribution >= 4 is 17.7 Å². The largest absolute Gasteiger partial charge is 0.507 e. The van der Waals surface area contributed by atoms with Gasteiger partial charge in [-0.05, 0) is 74.3 Å². The van der Waals surface area contributed by atoms with Gasteiger partial charge in [-0.1, -0.05) is 41.5 Å². The van der Waals surface area contributed by atoms with Gasteiger partial charge in [-0.25, -0.2) is 4.98 Å². The fourth-order valence-corrected chi connectivity index (χ4v) is 5.75. The van der Waals surface area contributed by atoms with Gasteiger partial charge in [0.25, 0.3) is 5.91 Å². The van der Waals surface area contributed by atoms with Crippen LogP contribution in [0.3, 0.4) is 0 Å². The SMILES string of the molecule is CN(C)c1nc(NC2CCC(NC(=O)c3cc(C(C)(C)C)c(O)c(C(C)(C)C)c3)CC2)nc2c1CCCC2. The number of nitrogens with zero attached hydrogens (tertiary/aromatic N) is 3. The lowest BCUT2D eigenvalue weighted by atomic mass is 9.78. The van der Waals surface area contributed by atoms with E-state index in [0.717, 1.165) is 61.4 Å². The van der Waals surface area contributed by atoms with Gasteiger partial charge < -0.3 is 20.6 Å². The second-order valence-electron chi connectivity index (χ2n) is 13.5. The minimum Gasteiger partial charge on any atom is -0.507 e. The zero-order valence-corrected chi connectivity index (χ0v) is 24.7. The number of carbonyl (C=O) groups is 1. The highest BCUT2D eigenvalue weighted by Gasteiger charge is 2.29. The molecule has 1 heterocycles. The van der Waals surface area contributed by atoms with Crippen molar-refractivity contribution in [3.05, 3.63) is 40.1 Å². The summed E-state index contributed by atoms with van der Waals surface area (Å²) in [4.78, 5) is 25.2. The van der Waals surface area contributed by atoms with Gasteiger partial charge in [0.15, 0.2) is 0 Å². The van der Waals surface area contributed by atoms with Crippen LogP contribution in [0.15, 0.2) is 12.1 Å². The first kappa shape index (κ1) is 28.2. The minimum atomic E-state index is -0.269. The molecule has 0 aliphatic heterocycles. The molecule has 0 atom stereocenters. The number of aryl methyl sites for hydroxylation is 1. The van der Waals surface area contributed by atoms with E-state index in [1.807, 2.05) is 12.1 Å². The number of rotatable bonds is 5. The molecule has 7 heteroatoms. The Morgan fingerprint density at radius 3 is 2.00 bits per heavy atom. The molecule has 0 spiro atoms. The number of fused-ring (bicyclic) bond motifs is 1. The normalized spacial score (nSPS) is 20.0. The Labute approximate surface area is 228 Å². The van der Waals surface area contributed by atoms with Crippen LogP contribution in [0.4, 0.5) is 11.8 Å². The van der Waals surface area contributed by atoms with Crippen molar-refractivity contribution in [2.75, 3.05) is 24.3 Å². The number of hydrogen-bond acceptors (Lipinski definition) is 6. The lowest BCUT2D eigenvalue weighted by Crippen LogP contribution is -2.40. The van der Waals surface area contributed by atoms with Gasteiger partial charge in [0.2, 0.25) is 5.95 Å². The first-order chi connectivity index (χ1) is 17.7. The highest BCUT2D eigenvalue weighted by atomic mass is 16.3. The van der Waals surface area contributed by atoms with Crippen molar-refractivity contribution in [2.24, 2.45) is 0 Å². The number of anilines is 2. The van der Waals surface area contributed by atoms with Crippen molar-refractivity contribution in [1.29, 1.82) is 0 Å². The van der Waals surface area contributed by atoms with E-state index >= 15 is 0 Å². The van der Waals surface area contributed by atoms with Gasteiger partial charge in [0.1, 0.15) is 11.6 Å². The number of aromatic nitrogens is 2. The summed E-state index contributed by atoms with van der Waals surface area (Å²) in [6.45, 7) is 12.4. The van der Waals surface area contributed by atoms with E-state index in [2.05, 4.69) is 71.2 Å². The lowest BCUT2D eigenvalue weighted by Gasteiger charge is -2.31. The molecule has 1 aromatic heterocycles. The molecule has 7 nitrogen and oxygen atoms in total. The van der Waals surface area contributed by atoms with Crippen LogP contribution in [0.2, 0.25) is 0 Å². The average Bonchev–Trinajstić information content (AvgIpc) is 2.83. The van der Waals surface area contributed by atoms with Crippen LogP contribution in [-0.2, 0) is 23.7 Å². The summed E-state index contributed by atoms with van der Waals surface area (Å²) < 4.78 is 0. The zero-order chi connectivity index (χ0) is 27.8. The second-order valence-corrected chi connectivity index (χ2v) is 13.5. The molecule has 2 aliphatic rings. The van der Waals surface area contributed by atoms with E-state index in [-0.39, 0.29) is 22.8 Å². The third-order valence-electron chi connectivity index (χ3n) is 7.97. The molecule has 3 N–H and O–H groups in total. The fourth-order valence-electron chi connectivity index (χ4n) is 5.75. The number of hydrogen-bond donors (Lipinski definition) is 3. The molecule has 0 bridgehead atoms. The Morgan fingerprint density at radius 1 is 0.895 bits per heavy atom. The molecule has 4 rings (SSSR count). The van der Waals surface area contributed by atoms with Gasteiger partial charge in [0, 0.05) is 48.4 Å². The number of nitrogens with one attached hydrogen (secondary N) is 2. The summed E-state index contributed by atoms with van der Waals surface area (Å²) >= 11 is 0. The smallest absolute Gasteiger partial charge is 0.251 e. The van der Waals surface area contributed by atoms with Crippen molar-refractivity contribution < 1.29 is 9.90 Å². The second kappa shape index (κ2) is 10.7. The maximum Gasteiger partial charge on any atom is 0.251 e. The summed E-state index contributed by atoms with van der Waals surface area (Å²) in [5.74, 6) is 2.01. The summed E-state index contributed by atoms with van der Waals surface area (Å²) in [7, 11) is 4.11. The summed E-state index contributed by atoms with van der Waals surface area (Å²) in [5, 5.41) is 17.9. The minimum absolute atomic E-state index is 0.0638. The van der Waals surface area contributed by atoms with Crippen LogP contribution in [0.5, 0.6) is 5.75 Å². The van der Waals surface area contributed by atoms with E-state index in [4.69, 9.17) is 9.97 Å².